The van der Waals surface area contributed by atoms with Crippen LogP contribution in [0.5, 0.6) is 0 Å². The second-order valence-electron chi connectivity index (χ2n) is 4.28. The number of hydrogen-bond acceptors (Lipinski definition) is 0. The molecule has 0 spiro atoms. The van der Waals surface area contributed by atoms with Gasteiger partial charge in [-0.05, 0) is 64.8 Å². The quantitative estimate of drug-likeness (QED) is 0.372. The van der Waals surface area contributed by atoms with Crippen molar-refractivity contribution in [2.24, 2.45) is 0 Å². The standard InChI is InChI=1S/C15H13Br2I/c1-10-4-2-7-13(15(10)18)14(17)9-11-5-3-6-12(16)8-11/h2-8,14H,9H2,1H3. The van der Waals surface area contributed by atoms with E-state index in [1.54, 1.807) is 0 Å². The lowest BCUT2D eigenvalue weighted by atomic mass is 10.0. The molecule has 2 rings (SSSR count). The van der Waals surface area contributed by atoms with E-state index in [4.69, 9.17) is 0 Å². The van der Waals surface area contributed by atoms with Gasteiger partial charge in [-0.15, -0.1) is 0 Å². The number of halogens is 3. The predicted octanol–water partition coefficient (Wildman–Crippen LogP) is 6.04. The van der Waals surface area contributed by atoms with E-state index in [-0.39, 0.29) is 0 Å². The van der Waals surface area contributed by atoms with Crippen LogP contribution in [0.2, 0.25) is 0 Å². The van der Waals surface area contributed by atoms with Crippen LogP contribution in [-0.4, -0.2) is 0 Å². The lowest BCUT2D eigenvalue weighted by molar-refractivity contribution is 0.939. The maximum Gasteiger partial charge on any atom is 0.0446 e. The molecule has 0 bridgehead atoms. The molecule has 0 saturated heterocycles. The Hall–Kier alpha value is 0.130. The van der Waals surface area contributed by atoms with Gasteiger partial charge in [0.1, 0.15) is 0 Å². The van der Waals surface area contributed by atoms with Crippen molar-refractivity contribution < 1.29 is 0 Å². The first kappa shape index (κ1) is 14.5. The minimum absolute atomic E-state index is 0.360. The lowest BCUT2D eigenvalue weighted by Gasteiger charge is -2.14. The predicted molar refractivity (Wildman–Crippen MR) is 93.4 cm³/mol. The summed E-state index contributed by atoms with van der Waals surface area (Å²) in [6, 6.07) is 15.0. The van der Waals surface area contributed by atoms with Gasteiger partial charge in [-0.2, -0.15) is 0 Å². The Morgan fingerprint density at radius 1 is 1.17 bits per heavy atom. The van der Waals surface area contributed by atoms with Gasteiger partial charge in [0.25, 0.3) is 0 Å². The van der Waals surface area contributed by atoms with Crippen molar-refractivity contribution in [2.45, 2.75) is 18.2 Å². The summed E-state index contributed by atoms with van der Waals surface area (Å²) in [5.74, 6) is 0. The molecule has 0 N–H and O–H groups in total. The first-order chi connectivity index (χ1) is 8.58. The first-order valence-electron chi connectivity index (χ1n) is 5.71. The van der Waals surface area contributed by atoms with E-state index >= 15 is 0 Å². The van der Waals surface area contributed by atoms with Crippen LogP contribution in [0.15, 0.2) is 46.9 Å². The van der Waals surface area contributed by atoms with Crippen LogP contribution in [0, 0.1) is 10.5 Å². The topological polar surface area (TPSA) is 0 Å². The zero-order valence-electron chi connectivity index (χ0n) is 9.96. The van der Waals surface area contributed by atoms with Gasteiger partial charge < -0.3 is 0 Å². The molecule has 0 saturated carbocycles. The molecule has 0 amide bonds. The van der Waals surface area contributed by atoms with Crippen molar-refractivity contribution >= 4 is 54.5 Å². The molecule has 3 heteroatoms. The normalized spacial score (nSPS) is 12.4. The van der Waals surface area contributed by atoms with Crippen molar-refractivity contribution in [1.29, 1.82) is 0 Å². The van der Waals surface area contributed by atoms with Gasteiger partial charge in [-0.1, -0.05) is 62.2 Å². The molecule has 94 valence electrons. The highest BCUT2D eigenvalue weighted by Gasteiger charge is 2.13. The molecule has 1 atom stereocenters. The number of aryl methyl sites for hydroxylation is 1. The third-order valence-electron chi connectivity index (χ3n) is 2.86. The van der Waals surface area contributed by atoms with Gasteiger partial charge >= 0.3 is 0 Å². The molecule has 0 radical (unpaired) electrons. The Balaban J connectivity index is 2.22. The Kier molecular flexibility index (Phi) is 5.27. The molecular formula is C15H13Br2I. The summed E-state index contributed by atoms with van der Waals surface area (Å²) in [5, 5.41) is 0. The molecule has 2 aromatic carbocycles. The average molecular weight is 480 g/mol. The van der Waals surface area contributed by atoms with Crippen LogP contribution >= 0.6 is 54.5 Å². The molecule has 18 heavy (non-hydrogen) atoms. The van der Waals surface area contributed by atoms with E-state index in [0.717, 1.165) is 10.9 Å². The number of alkyl halides is 1. The lowest BCUT2D eigenvalue weighted by Crippen LogP contribution is -1.99. The third kappa shape index (κ3) is 3.58. The fourth-order valence-corrected chi connectivity index (χ4v) is 4.26. The Morgan fingerprint density at radius 3 is 2.61 bits per heavy atom. The monoisotopic (exact) mass is 478 g/mol. The molecule has 0 nitrogen and oxygen atoms in total. The minimum atomic E-state index is 0.360. The van der Waals surface area contributed by atoms with Crippen LogP contribution in [0.4, 0.5) is 0 Å². The fraction of sp³-hybridized carbons (Fsp3) is 0.200. The van der Waals surface area contributed by atoms with Gasteiger partial charge in [0.05, 0.1) is 0 Å². The molecule has 0 aromatic heterocycles. The van der Waals surface area contributed by atoms with Gasteiger partial charge in [0.15, 0.2) is 0 Å². The van der Waals surface area contributed by atoms with E-state index in [0.29, 0.717) is 4.83 Å². The largest absolute Gasteiger partial charge is 0.0835 e. The van der Waals surface area contributed by atoms with Crippen LogP contribution in [-0.2, 0) is 6.42 Å². The summed E-state index contributed by atoms with van der Waals surface area (Å²) >= 11 is 9.76. The molecule has 0 aliphatic heterocycles. The second-order valence-corrected chi connectivity index (χ2v) is 7.38. The SMILES string of the molecule is Cc1cccc(C(Br)Cc2cccc(Br)c2)c1I. The van der Waals surface area contributed by atoms with E-state index in [9.17, 15) is 0 Å². The Labute approximate surface area is 139 Å². The maximum absolute atomic E-state index is 3.81. The highest BCUT2D eigenvalue weighted by atomic mass is 127. The van der Waals surface area contributed by atoms with Crippen molar-refractivity contribution in [3.05, 3.63) is 67.2 Å². The summed E-state index contributed by atoms with van der Waals surface area (Å²) in [7, 11) is 0. The van der Waals surface area contributed by atoms with Crippen LogP contribution < -0.4 is 0 Å². The van der Waals surface area contributed by atoms with Crippen molar-refractivity contribution in [3.8, 4) is 0 Å². The number of rotatable bonds is 3. The zero-order valence-corrected chi connectivity index (χ0v) is 15.3. The minimum Gasteiger partial charge on any atom is -0.0835 e. The highest BCUT2D eigenvalue weighted by Crippen LogP contribution is 2.32. The smallest absolute Gasteiger partial charge is 0.0446 e. The fourth-order valence-electron chi connectivity index (χ4n) is 1.89. The summed E-state index contributed by atoms with van der Waals surface area (Å²) in [4.78, 5) is 0.360. The zero-order chi connectivity index (χ0) is 13.1. The van der Waals surface area contributed by atoms with Gasteiger partial charge in [-0.3, -0.25) is 0 Å². The molecule has 0 aliphatic rings. The van der Waals surface area contributed by atoms with Crippen molar-refractivity contribution in [2.75, 3.05) is 0 Å². The average Bonchev–Trinajstić information content (AvgIpc) is 2.32. The van der Waals surface area contributed by atoms with E-state index in [2.05, 4.69) is 104 Å². The van der Waals surface area contributed by atoms with E-state index in [1.807, 2.05) is 0 Å². The van der Waals surface area contributed by atoms with Crippen LogP contribution in [0.3, 0.4) is 0 Å². The molecule has 0 heterocycles. The van der Waals surface area contributed by atoms with Gasteiger partial charge in [0, 0.05) is 12.9 Å². The Bertz CT molecular complexity index is 552. The Morgan fingerprint density at radius 2 is 1.89 bits per heavy atom. The molecular weight excluding hydrogens is 467 g/mol. The summed E-state index contributed by atoms with van der Waals surface area (Å²) < 4.78 is 2.49. The first-order valence-corrected chi connectivity index (χ1v) is 8.50. The maximum atomic E-state index is 3.81. The highest BCUT2D eigenvalue weighted by molar-refractivity contribution is 14.1. The summed E-state index contributed by atoms with van der Waals surface area (Å²) in [6.45, 7) is 2.16. The van der Waals surface area contributed by atoms with Gasteiger partial charge in [0.2, 0.25) is 0 Å². The van der Waals surface area contributed by atoms with Crippen molar-refractivity contribution in [1.82, 2.24) is 0 Å². The van der Waals surface area contributed by atoms with Gasteiger partial charge in [-0.25, -0.2) is 0 Å². The number of hydrogen-bond donors (Lipinski definition) is 0. The van der Waals surface area contributed by atoms with Crippen LogP contribution in [0.1, 0.15) is 21.5 Å². The summed E-state index contributed by atoms with van der Waals surface area (Å²) in [5.41, 5.74) is 4.05. The molecule has 0 fully saturated rings. The third-order valence-corrected chi connectivity index (χ3v) is 5.65. The molecule has 0 aliphatic carbocycles. The van der Waals surface area contributed by atoms with Crippen molar-refractivity contribution in [3.63, 3.8) is 0 Å². The summed E-state index contributed by atoms with van der Waals surface area (Å²) in [6.07, 6.45) is 0.999. The van der Waals surface area contributed by atoms with E-state index < -0.39 is 0 Å². The van der Waals surface area contributed by atoms with E-state index in [1.165, 1.54) is 20.3 Å². The molecule has 2 aromatic rings. The molecule has 1 unspecified atom stereocenters. The second kappa shape index (κ2) is 6.53. The van der Waals surface area contributed by atoms with Crippen LogP contribution in [0.25, 0.3) is 0 Å². The number of benzene rings is 2.